The van der Waals surface area contributed by atoms with E-state index in [2.05, 4.69) is 14.6 Å². The second kappa shape index (κ2) is 8.01. The molecule has 0 aromatic carbocycles. The molecule has 166 valence electrons. The minimum atomic E-state index is -5.68. The molecule has 0 amide bonds. The van der Waals surface area contributed by atoms with E-state index in [9.17, 15) is 34.8 Å². The highest BCUT2D eigenvalue weighted by atomic mass is 32.2. The first-order chi connectivity index (χ1) is 13.2. The van der Waals surface area contributed by atoms with E-state index in [0.717, 1.165) is 44.5 Å². The summed E-state index contributed by atoms with van der Waals surface area (Å²) >= 11 is 0. The second-order valence-electron chi connectivity index (χ2n) is 6.51. The van der Waals surface area contributed by atoms with Gasteiger partial charge in [-0.2, -0.15) is 34.8 Å². The lowest BCUT2D eigenvalue weighted by Gasteiger charge is -2.40. The summed E-state index contributed by atoms with van der Waals surface area (Å²) in [4.78, 5) is 8.90. The van der Waals surface area contributed by atoms with Crippen molar-refractivity contribution in [3.8, 4) is 5.88 Å². The first-order valence-corrected chi connectivity index (χ1v) is 9.69. The molecule has 1 fully saturated rings. The van der Waals surface area contributed by atoms with Crippen molar-refractivity contribution in [1.82, 2.24) is 15.1 Å². The number of hydrogen-bond donors (Lipinski definition) is 2. The van der Waals surface area contributed by atoms with Gasteiger partial charge in [-0.1, -0.05) is 0 Å². The molecule has 2 aliphatic heterocycles. The van der Waals surface area contributed by atoms with Crippen molar-refractivity contribution in [3.05, 3.63) is 11.8 Å². The molecule has 8 nitrogen and oxygen atoms in total. The zero-order valence-electron chi connectivity index (χ0n) is 14.7. The third kappa shape index (κ3) is 5.32. The Morgan fingerprint density at radius 3 is 2.21 bits per heavy atom. The predicted octanol–water partition coefficient (Wildman–Crippen LogP) is 2.16. The zero-order chi connectivity index (χ0) is 22.1. The van der Waals surface area contributed by atoms with E-state index >= 15 is 0 Å². The number of carboxylic acid groups (broad SMARTS) is 1. The van der Waals surface area contributed by atoms with E-state index in [1.165, 1.54) is 6.07 Å². The highest BCUT2D eigenvalue weighted by Crippen LogP contribution is 2.42. The summed E-state index contributed by atoms with van der Waals surface area (Å²) in [5.74, 6) is -3.26. The Hall–Kier alpha value is -2.03. The van der Waals surface area contributed by atoms with Crippen LogP contribution in [-0.4, -0.2) is 54.0 Å². The normalized spacial score (nSPS) is 19.1. The number of alkyl halides is 6. The van der Waals surface area contributed by atoms with Crippen LogP contribution in [0.15, 0.2) is 6.07 Å². The molecule has 15 heteroatoms. The van der Waals surface area contributed by atoms with E-state index in [1.807, 2.05) is 0 Å². The molecule has 1 aromatic heterocycles. The van der Waals surface area contributed by atoms with Gasteiger partial charge < -0.3 is 14.6 Å². The fourth-order valence-electron chi connectivity index (χ4n) is 3.30. The van der Waals surface area contributed by atoms with Gasteiger partial charge in [0.05, 0.1) is 0 Å². The smallest absolute Gasteiger partial charge is 0.475 e. The van der Waals surface area contributed by atoms with Gasteiger partial charge in [0.2, 0.25) is 0 Å². The van der Waals surface area contributed by atoms with Crippen molar-refractivity contribution < 1.29 is 48.8 Å². The monoisotopic (exact) mass is 453 g/mol. The van der Waals surface area contributed by atoms with Crippen LogP contribution in [0.25, 0.3) is 0 Å². The van der Waals surface area contributed by atoms with Gasteiger partial charge in [-0.05, 0) is 38.8 Å². The van der Waals surface area contributed by atoms with Gasteiger partial charge in [-0.25, -0.2) is 4.79 Å². The average molecular weight is 453 g/mol. The minimum absolute atomic E-state index is 0.153. The van der Waals surface area contributed by atoms with E-state index in [4.69, 9.17) is 9.90 Å². The molecule has 0 aliphatic carbocycles. The van der Waals surface area contributed by atoms with Crippen LogP contribution in [0.1, 0.15) is 31.4 Å². The van der Waals surface area contributed by atoms with Crippen LogP contribution < -0.4 is 9.50 Å². The molecule has 0 radical (unpaired) electrons. The molecule has 2 aliphatic rings. The molecular formula is C14H17F6N3O5S. The van der Waals surface area contributed by atoms with E-state index < -0.39 is 33.7 Å². The van der Waals surface area contributed by atoms with E-state index in [-0.39, 0.29) is 5.41 Å². The molecule has 2 N–H and O–H groups in total. The summed E-state index contributed by atoms with van der Waals surface area (Å²) in [5.41, 5.74) is -4.84. The van der Waals surface area contributed by atoms with Crippen LogP contribution in [0.3, 0.4) is 0 Å². The molecule has 1 spiro atoms. The minimum Gasteiger partial charge on any atom is -0.475 e. The van der Waals surface area contributed by atoms with Gasteiger partial charge in [0, 0.05) is 23.7 Å². The molecule has 1 aromatic rings. The zero-order valence-corrected chi connectivity index (χ0v) is 15.5. The third-order valence-corrected chi connectivity index (χ3v) is 5.56. The van der Waals surface area contributed by atoms with Crippen LogP contribution in [0.2, 0.25) is 0 Å². The van der Waals surface area contributed by atoms with Crippen molar-refractivity contribution in [2.75, 3.05) is 13.1 Å². The number of nitrogens with one attached hydrogen (secondary N) is 1. The van der Waals surface area contributed by atoms with Gasteiger partial charge >= 0.3 is 27.8 Å². The highest BCUT2D eigenvalue weighted by molar-refractivity contribution is 7.87. The third-order valence-electron chi connectivity index (χ3n) is 4.61. The Kier molecular flexibility index (Phi) is 6.42. The van der Waals surface area contributed by atoms with Crippen molar-refractivity contribution in [2.24, 2.45) is 0 Å². The van der Waals surface area contributed by atoms with Crippen molar-refractivity contribution in [3.63, 3.8) is 0 Å². The molecule has 3 heterocycles. The summed E-state index contributed by atoms with van der Waals surface area (Å²) in [6, 6.07) is 1.34. The maximum Gasteiger partial charge on any atom is 0.534 e. The Bertz CT molecular complexity index is 843. The van der Waals surface area contributed by atoms with Gasteiger partial charge in [-0.3, -0.25) is 4.68 Å². The Morgan fingerprint density at radius 1 is 1.17 bits per heavy atom. The largest absolute Gasteiger partial charge is 0.534 e. The van der Waals surface area contributed by atoms with Gasteiger partial charge in [0.1, 0.15) is 0 Å². The lowest BCUT2D eigenvalue weighted by atomic mass is 9.71. The number of halogens is 6. The van der Waals surface area contributed by atoms with Crippen LogP contribution in [-0.2, 0) is 26.9 Å². The van der Waals surface area contributed by atoms with Crippen molar-refractivity contribution >= 4 is 16.1 Å². The highest BCUT2D eigenvalue weighted by Gasteiger charge is 2.49. The topological polar surface area (TPSA) is 111 Å². The fraction of sp³-hybridized carbons (Fsp3) is 0.714. The van der Waals surface area contributed by atoms with Gasteiger partial charge in [-0.15, -0.1) is 5.10 Å². The lowest BCUT2D eigenvalue weighted by molar-refractivity contribution is -0.192. The molecular weight excluding hydrogens is 436 g/mol. The number of nitrogens with zero attached hydrogens (tertiary/aromatic N) is 2. The first-order valence-electron chi connectivity index (χ1n) is 8.28. The van der Waals surface area contributed by atoms with E-state index in [1.54, 1.807) is 4.68 Å². The number of fused-ring (bicyclic) bond motifs is 2. The van der Waals surface area contributed by atoms with E-state index in [0.29, 0.717) is 6.54 Å². The number of aromatic nitrogens is 2. The number of rotatable bonds is 2. The van der Waals surface area contributed by atoms with Gasteiger partial charge in [0.15, 0.2) is 0 Å². The summed E-state index contributed by atoms with van der Waals surface area (Å²) in [7, 11) is -5.68. The van der Waals surface area contributed by atoms with Crippen LogP contribution in [0, 0.1) is 0 Å². The number of carboxylic acids is 1. The number of aliphatic carboxylic acids is 1. The number of hydrogen-bond acceptors (Lipinski definition) is 6. The predicted molar refractivity (Wildman–Crippen MR) is 84.5 cm³/mol. The summed E-state index contributed by atoms with van der Waals surface area (Å²) in [6.07, 6.45) is -1.60. The molecule has 1 saturated heterocycles. The van der Waals surface area contributed by atoms with Crippen molar-refractivity contribution in [2.45, 2.75) is 49.3 Å². The lowest BCUT2D eigenvalue weighted by Crippen LogP contribution is -2.43. The molecule has 0 unspecified atom stereocenters. The molecule has 29 heavy (non-hydrogen) atoms. The maximum atomic E-state index is 12.4. The molecule has 3 rings (SSSR count). The number of piperidine rings is 1. The second-order valence-corrected chi connectivity index (χ2v) is 8.05. The standard InChI is InChI=1S/C12H16F3N3O3S.C2HF3O2/c13-12(14,15)22(19,20)21-10-8-9-11(3-5-16-6-4-11)2-1-7-18(9)17-10;3-2(4,5)1(6)7/h8,16H,1-7H2;(H,6,7). The molecule has 0 saturated carbocycles. The first kappa shape index (κ1) is 23.3. The Labute approximate surface area is 160 Å². The molecule has 0 bridgehead atoms. The summed E-state index contributed by atoms with van der Waals surface area (Å²) < 4.78 is 96.8. The maximum absolute atomic E-state index is 12.4. The average Bonchev–Trinajstić information content (AvgIpc) is 2.98. The summed E-state index contributed by atoms with van der Waals surface area (Å²) in [6.45, 7) is 2.20. The van der Waals surface area contributed by atoms with Gasteiger partial charge in [0.25, 0.3) is 5.88 Å². The number of carbonyl (C=O) groups is 1. The van der Waals surface area contributed by atoms with Crippen LogP contribution in [0.5, 0.6) is 5.88 Å². The van der Waals surface area contributed by atoms with Crippen LogP contribution >= 0.6 is 0 Å². The Balaban J connectivity index is 0.000000370. The Morgan fingerprint density at radius 2 is 1.72 bits per heavy atom. The fourth-order valence-corrected chi connectivity index (χ4v) is 3.70. The SMILES string of the molecule is O=C(O)C(F)(F)F.O=S(=O)(Oc1cc2n(n1)CCCC21CCNCC1)C(F)(F)F. The van der Waals surface area contributed by atoms with Crippen molar-refractivity contribution in [1.29, 1.82) is 0 Å². The number of aryl methyl sites for hydroxylation is 1. The van der Waals surface area contributed by atoms with Crippen LogP contribution in [0.4, 0.5) is 26.3 Å². The molecule has 0 atom stereocenters. The quantitative estimate of drug-likeness (QED) is 0.401. The summed E-state index contributed by atoms with van der Waals surface area (Å²) in [5, 5.41) is 14.3.